The van der Waals surface area contributed by atoms with Gasteiger partial charge in [0.25, 0.3) is 0 Å². The highest BCUT2D eigenvalue weighted by atomic mass is 31.2. The van der Waals surface area contributed by atoms with Crippen molar-refractivity contribution in [3.8, 4) is 0 Å². The van der Waals surface area contributed by atoms with Crippen LogP contribution in [0.1, 0.15) is 162 Å². The molecule has 0 saturated heterocycles. The molecule has 1 amide bonds. The minimum absolute atomic E-state index is 0.0718. The van der Waals surface area contributed by atoms with E-state index in [4.69, 9.17) is 9.05 Å². The van der Waals surface area contributed by atoms with E-state index in [1.54, 1.807) is 0 Å². The molecule has 9 heteroatoms. The van der Waals surface area contributed by atoms with Crippen LogP contribution in [0.4, 0.5) is 0 Å². The fourth-order valence-electron chi connectivity index (χ4n) is 5.30. The number of unbranched alkanes of at least 4 members (excludes halogenated alkanes) is 17. The largest absolute Gasteiger partial charge is 0.472 e. The van der Waals surface area contributed by atoms with Crippen molar-refractivity contribution in [3.63, 3.8) is 0 Å². The second-order valence-electron chi connectivity index (χ2n) is 14.3. The van der Waals surface area contributed by atoms with Gasteiger partial charge in [-0.2, -0.15) is 0 Å². The number of likely N-dealkylation sites (N-methyl/N-ethyl adjacent to an activating group) is 1. The number of hydrogen-bond donors (Lipinski definition) is 3. The zero-order valence-electron chi connectivity index (χ0n) is 31.3. The first-order valence-corrected chi connectivity index (χ1v) is 20.7. The normalized spacial score (nSPS) is 15.0. The Morgan fingerprint density at radius 1 is 0.723 bits per heavy atom. The maximum Gasteiger partial charge on any atom is 0.472 e. The Hall–Kier alpha value is -1.02. The average molecular weight is 688 g/mol. The first kappa shape index (κ1) is 46.0. The van der Waals surface area contributed by atoms with Crippen LogP contribution in [0, 0.1) is 0 Å². The highest BCUT2D eigenvalue weighted by Gasteiger charge is 2.28. The number of nitrogens with one attached hydrogen (secondary N) is 1. The predicted octanol–water partition coefficient (Wildman–Crippen LogP) is 9.80. The van der Waals surface area contributed by atoms with Crippen LogP contribution in [0.15, 0.2) is 24.3 Å². The third-order valence-electron chi connectivity index (χ3n) is 8.45. The van der Waals surface area contributed by atoms with Crippen LogP contribution in [0.2, 0.25) is 0 Å². The summed E-state index contributed by atoms with van der Waals surface area (Å²) < 4.78 is 23.5. The van der Waals surface area contributed by atoms with E-state index < -0.39 is 20.0 Å². The van der Waals surface area contributed by atoms with Crippen molar-refractivity contribution < 1.29 is 32.9 Å². The Morgan fingerprint density at radius 3 is 1.81 bits per heavy atom. The molecule has 0 bridgehead atoms. The fourth-order valence-corrected chi connectivity index (χ4v) is 6.03. The van der Waals surface area contributed by atoms with Crippen LogP contribution in [0.25, 0.3) is 0 Å². The van der Waals surface area contributed by atoms with Crippen molar-refractivity contribution in [3.05, 3.63) is 24.3 Å². The smallest absolute Gasteiger partial charge is 0.391 e. The topological polar surface area (TPSA) is 105 Å². The van der Waals surface area contributed by atoms with Crippen LogP contribution >= 0.6 is 7.82 Å². The summed E-state index contributed by atoms with van der Waals surface area (Å²) in [4.78, 5) is 23.0. The summed E-state index contributed by atoms with van der Waals surface area (Å²) in [5.41, 5.74) is 0. The molecule has 0 aliphatic carbocycles. The van der Waals surface area contributed by atoms with Gasteiger partial charge in [0, 0.05) is 6.42 Å². The van der Waals surface area contributed by atoms with Crippen LogP contribution in [-0.4, -0.2) is 73.4 Å². The third-order valence-corrected chi connectivity index (χ3v) is 9.44. The minimum atomic E-state index is -4.31. The number of phosphoric ester groups is 1. The van der Waals surface area contributed by atoms with Gasteiger partial charge in [0.05, 0.1) is 39.9 Å². The van der Waals surface area contributed by atoms with Crippen molar-refractivity contribution in [2.45, 2.75) is 174 Å². The van der Waals surface area contributed by atoms with Crippen LogP contribution in [0.5, 0.6) is 0 Å². The zero-order chi connectivity index (χ0) is 35.1. The molecule has 0 saturated carbocycles. The van der Waals surface area contributed by atoms with Gasteiger partial charge in [-0.05, 0) is 38.5 Å². The number of nitrogens with zero attached hydrogens (tertiary/aromatic N) is 1. The molecule has 0 spiro atoms. The van der Waals surface area contributed by atoms with Gasteiger partial charge < -0.3 is 19.8 Å². The maximum atomic E-state index is 12.8. The molecule has 0 aliphatic rings. The Kier molecular flexibility index (Phi) is 30.3. The lowest BCUT2D eigenvalue weighted by molar-refractivity contribution is -0.870. The fraction of sp³-hybridized carbons (Fsp3) is 0.868. The second-order valence-corrected chi connectivity index (χ2v) is 15.8. The molecule has 0 radical (unpaired) electrons. The lowest BCUT2D eigenvalue weighted by Crippen LogP contribution is -2.46. The SMILES string of the molecule is CCCC/C=C\C/C=C\CCCCCCCC(=O)NC(COP(=O)(O)OCC[N+](C)(C)C)C(O)CCCCCCCCCCCCC. The number of allylic oxidation sites excluding steroid dienone is 4. The maximum absolute atomic E-state index is 12.8. The summed E-state index contributed by atoms with van der Waals surface area (Å²) in [6, 6.07) is -0.763. The standard InChI is InChI=1S/C38H75N2O6P/c1-6-8-10-12-14-16-18-19-20-22-24-26-28-30-32-38(42)39-36(35-46-47(43,44)45-34-33-40(3,4)5)37(41)31-29-27-25-23-21-17-15-13-11-9-7-2/h12,14,18-19,36-37,41H,6-11,13,15-17,20-35H2,1-5H3,(H-,39,42,43,44)/p+1/b14-12-,19-18-. The zero-order valence-corrected chi connectivity index (χ0v) is 32.2. The molecule has 0 heterocycles. The lowest BCUT2D eigenvalue weighted by atomic mass is 10.0. The number of phosphoric acid groups is 1. The molecule has 0 aromatic rings. The number of amides is 1. The number of aliphatic hydroxyl groups excluding tert-OH is 1. The second kappa shape index (κ2) is 31.0. The molecule has 0 aliphatic heterocycles. The molecular formula is C38H76N2O6P+. The van der Waals surface area contributed by atoms with E-state index in [2.05, 4.69) is 43.5 Å². The minimum Gasteiger partial charge on any atom is -0.391 e. The van der Waals surface area contributed by atoms with Crippen LogP contribution in [0.3, 0.4) is 0 Å². The number of carbonyl (C=O) groups excluding carboxylic acids is 1. The summed E-state index contributed by atoms with van der Waals surface area (Å²) >= 11 is 0. The van der Waals surface area contributed by atoms with Crippen molar-refractivity contribution in [2.75, 3.05) is 40.9 Å². The van der Waals surface area contributed by atoms with E-state index >= 15 is 0 Å². The lowest BCUT2D eigenvalue weighted by Gasteiger charge is -2.26. The molecule has 0 aromatic carbocycles. The summed E-state index contributed by atoms with van der Waals surface area (Å²) in [7, 11) is 1.60. The van der Waals surface area contributed by atoms with Gasteiger partial charge in [-0.25, -0.2) is 4.57 Å². The monoisotopic (exact) mass is 688 g/mol. The van der Waals surface area contributed by atoms with E-state index in [1.807, 2.05) is 21.1 Å². The molecule has 278 valence electrons. The number of aliphatic hydroxyl groups is 1. The molecular weight excluding hydrogens is 611 g/mol. The third kappa shape index (κ3) is 33.3. The van der Waals surface area contributed by atoms with Crippen LogP contribution in [-0.2, 0) is 18.4 Å². The van der Waals surface area contributed by atoms with Gasteiger partial charge in [0.15, 0.2) is 0 Å². The summed E-state index contributed by atoms with van der Waals surface area (Å²) in [6.07, 6.45) is 33.3. The highest BCUT2D eigenvalue weighted by molar-refractivity contribution is 7.47. The molecule has 3 atom stereocenters. The molecule has 8 nitrogen and oxygen atoms in total. The van der Waals surface area contributed by atoms with Crippen molar-refractivity contribution in [1.82, 2.24) is 5.32 Å². The first-order valence-electron chi connectivity index (χ1n) is 19.2. The highest BCUT2D eigenvalue weighted by Crippen LogP contribution is 2.43. The number of quaternary nitrogens is 1. The summed E-state index contributed by atoms with van der Waals surface area (Å²) in [6.45, 7) is 4.80. The van der Waals surface area contributed by atoms with Crippen LogP contribution < -0.4 is 5.32 Å². The van der Waals surface area contributed by atoms with Gasteiger partial charge in [-0.15, -0.1) is 0 Å². The average Bonchev–Trinajstić information content (AvgIpc) is 3.01. The van der Waals surface area contributed by atoms with Gasteiger partial charge in [-0.3, -0.25) is 13.8 Å². The van der Waals surface area contributed by atoms with E-state index in [0.717, 1.165) is 64.2 Å². The van der Waals surface area contributed by atoms with E-state index in [9.17, 15) is 19.4 Å². The first-order chi connectivity index (χ1) is 22.5. The summed E-state index contributed by atoms with van der Waals surface area (Å²) in [5, 5.41) is 13.8. The molecule has 47 heavy (non-hydrogen) atoms. The van der Waals surface area contributed by atoms with Gasteiger partial charge in [0.2, 0.25) is 5.91 Å². The van der Waals surface area contributed by atoms with E-state index in [-0.39, 0.29) is 19.1 Å². The summed E-state index contributed by atoms with van der Waals surface area (Å²) in [5.74, 6) is -0.162. The van der Waals surface area contributed by atoms with Crippen molar-refractivity contribution >= 4 is 13.7 Å². The molecule has 0 fully saturated rings. The Balaban J connectivity index is 4.49. The predicted molar refractivity (Wildman–Crippen MR) is 198 cm³/mol. The number of rotatable bonds is 34. The van der Waals surface area contributed by atoms with E-state index in [0.29, 0.717) is 23.9 Å². The van der Waals surface area contributed by atoms with Gasteiger partial charge in [0.1, 0.15) is 13.2 Å². The Morgan fingerprint density at radius 2 is 1.23 bits per heavy atom. The molecule has 3 unspecified atom stereocenters. The number of carbonyl (C=O) groups is 1. The Bertz CT molecular complexity index is 829. The van der Waals surface area contributed by atoms with Gasteiger partial charge >= 0.3 is 7.82 Å². The quantitative estimate of drug-likeness (QED) is 0.0269. The Labute approximate surface area is 290 Å². The molecule has 0 rings (SSSR count). The van der Waals surface area contributed by atoms with E-state index in [1.165, 1.54) is 70.6 Å². The molecule has 0 aromatic heterocycles. The number of hydrogen-bond acceptors (Lipinski definition) is 5. The van der Waals surface area contributed by atoms with Crippen molar-refractivity contribution in [2.24, 2.45) is 0 Å². The molecule has 3 N–H and O–H groups in total. The van der Waals surface area contributed by atoms with Crippen molar-refractivity contribution in [1.29, 1.82) is 0 Å². The van der Waals surface area contributed by atoms with Gasteiger partial charge in [-0.1, -0.05) is 141 Å².